The SMILES string of the molecule is CCCCCCCCCCCCOP(=S)([O][Mo])SCCCCCCCCCCCC. The van der Waals surface area contributed by atoms with Gasteiger partial charge < -0.3 is 0 Å². The van der Waals surface area contributed by atoms with Crippen molar-refractivity contribution in [3.63, 3.8) is 0 Å². The summed E-state index contributed by atoms with van der Waals surface area (Å²) in [6, 6.07) is 0. The zero-order valence-corrected chi connectivity index (χ0v) is 24.6. The van der Waals surface area contributed by atoms with Crippen LogP contribution in [0.4, 0.5) is 0 Å². The minimum atomic E-state index is -2.10. The van der Waals surface area contributed by atoms with E-state index in [1.807, 2.05) is 0 Å². The molecule has 0 radical (unpaired) electrons. The molecular formula is C24H50MoO2PS2. The number of unbranched alkanes of at least 4 members (excludes halogenated alkanes) is 18. The first-order valence-electron chi connectivity index (χ1n) is 12.9. The van der Waals surface area contributed by atoms with Gasteiger partial charge >= 0.3 is 172 Å². The van der Waals surface area contributed by atoms with Gasteiger partial charge in [-0.25, -0.2) is 0 Å². The van der Waals surface area contributed by atoms with Crippen molar-refractivity contribution in [1.82, 2.24) is 0 Å². The Morgan fingerprint density at radius 3 is 1.37 bits per heavy atom. The number of rotatable bonds is 25. The molecule has 1 atom stereocenters. The molecule has 0 heterocycles. The topological polar surface area (TPSA) is 18.5 Å². The van der Waals surface area contributed by atoms with Crippen LogP contribution in [0.1, 0.15) is 142 Å². The zero-order chi connectivity index (χ0) is 22.2. The minimum absolute atomic E-state index is 0.772. The van der Waals surface area contributed by atoms with E-state index in [9.17, 15) is 0 Å². The van der Waals surface area contributed by atoms with Crippen LogP contribution in [0.3, 0.4) is 0 Å². The van der Waals surface area contributed by atoms with Crippen LogP contribution < -0.4 is 0 Å². The van der Waals surface area contributed by atoms with E-state index in [0.29, 0.717) is 0 Å². The summed E-state index contributed by atoms with van der Waals surface area (Å²) in [5.74, 6) is 1.08. The average Bonchev–Trinajstić information content (AvgIpc) is 2.76. The second-order valence-electron chi connectivity index (χ2n) is 8.55. The second kappa shape index (κ2) is 25.2. The van der Waals surface area contributed by atoms with Gasteiger partial charge in [0.15, 0.2) is 0 Å². The molecule has 0 saturated carbocycles. The Kier molecular flexibility index (Phi) is 26.6. The Bertz CT molecular complexity index is 356. The fourth-order valence-corrected chi connectivity index (χ4v) is 8.48. The Morgan fingerprint density at radius 1 is 0.600 bits per heavy atom. The van der Waals surface area contributed by atoms with Gasteiger partial charge in [-0.1, -0.05) is 39.5 Å². The first-order valence-corrected chi connectivity index (χ1v) is 17.9. The summed E-state index contributed by atoms with van der Waals surface area (Å²) in [6.45, 7) is 5.33. The van der Waals surface area contributed by atoms with Crippen LogP contribution in [0.15, 0.2) is 0 Å². The normalized spacial score (nSPS) is 13.5. The molecule has 0 saturated heterocycles. The first kappa shape index (κ1) is 31.6. The van der Waals surface area contributed by atoms with Crippen LogP contribution in [0.25, 0.3) is 0 Å². The third-order valence-corrected chi connectivity index (χ3v) is 13.6. The van der Waals surface area contributed by atoms with Crippen molar-refractivity contribution in [1.29, 1.82) is 0 Å². The maximum absolute atomic E-state index is 6.01. The number of hydrogen-bond acceptors (Lipinski definition) is 4. The fourth-order valence-electron chi connectivity index (χ4n) is 3.61. The summed E-state index contributed by atoms with van der Waals surface area (Å²) in [5, 5.41) is 0. The molecular weight excluding hydrogens is 511 g/mol. The van der Waals surface area contributed by atoms with E-state index >= 15 is 0 Å². The third kappa shape index (κ3) is 22.8. The molecule has 1 unspecified atom stereocenters. The molecule has 0 fully saturated rings. The molecule has 30 heavy (non-hydrogen) atoms. The van der Waals surface area contributed by atoms with Crippen LogP contribution in [0.2, 0.25) is 0 Å². The third-order valence-electron chi connectivity index (χ3n) is 5.59. The van der Waals surface area contributed by atoms with Gasteiger partial charge in [-0.15, -0.1) is 0 Å². The van der Waals surface area contributed by atoms with Crippen molar-refractivity contribution >= 4 is 28.9 Å². The van der Waals surface area contributed by atoms with Crippen LogP contribution in [0, 0.1) is 0 Å². The summed E-state index contributed by atoms with van der Waals surface area (Å²) in [6.07, 6.45) is 27.2. The molecule has 0 aliphatic carbocycles. The molecule has 0 bridgehead atoms. The molecule has 2 nitrogen and oxygen atoms in total. The van der Waals surface area contributed by atoms with E-state index in [-0.39, 0.29) is 0 Å². The summed E-state index contributed by atoms with van der Waals surface area (Å²) < 4.78 is 11.6. The van der Waals surface area contributed by atoms with Gasteiger partial charge in [0.05, 0.1) is 0 Å². The second-order valence-corrected chi connectivity index (χ2v) is 16.0. The number of hydrogen-bond donors (Lipinski definition) is 0. The van der Waals surface area contributed by atoms with Crippen LogP contribution >= 0.6 is 17.1 Å². The Labute approximate surface area is 210 Å². The van der Waals surface area contributed by atoms with Gasteiger partial charge in [-0.05, 0) is 0 Å². The predicted octanol–water partition coefficient (Wildman–Crippen LogP) is 10.3. The van der Waals surface area contributed by atoms with E-state index in [1.165, 1.54) is 122 Å². The van der Waals surface area contributed by atoms with E-state index in [1.54, 1.807) is 31.6 Å². The van der Waals surface area contributed by atoms with Crippen LogP contribution in [-0.2, 0) is 39.7 Å². The Hall–Kier alpha value is 1.61. The van der Waals surface area contributed by atoms with Crippen molar-refractivity contribution < 1.29 is 27.9 Å². The molecule has 0 rings (SSSR count). The van der Waals surface area contributed by atoms with Crippen molar-refractivity contribution in [2.24, 2.45) is 0 Å². The standard InChI is InChI=1S/C24H51O2PS2.Mo/c1-3-5-7-9-11-13-15-17-19-21-23-26-27(25,28)29-24-22-20-18-16-14-12-10-8-6-4-2;/h3-24H2,1-2H3,(H,25,28);/q;+1/p-1. The maximum atomic E-state index is 6.01. The average molecular weight is 562 g/mol. The van der Waals surface area contributed by atoms with Gasteiger partial charge in [-0.3, -0.25) is 0 Å². The Balaban J connectivity index is 3.46. The molecule has 0 aromatic rings. The van der Waals surface area contributed by atoms with Gasteiger partial charge in [0, 0.05) is 0 Å². The molecule has 0 aromatic carbocycles. The molecule has 0 aliphatic heterocycles. The van der Waals surface area contributed by atoms with E-state index in [0.717, 1.165) is 18.8 Å². The van der Waals surface area contributed by atoms with Crippen molar-refractivity contribution in [2.45, 2.75) is 142 Å². The summed E-state index contributed by atoms with van der Waals surface area (Å²) in [5.41, 5.74) is -2.10. The van der Waals surface area contributed by atoms with E-state index < -0.39 is 5.69 Å². The molecule has 181 valence electrons. The van der Waals surface area contributed by atoms with Crippen molar-refractivity contribution in [2.75, 3.05) is 12.4 Å². The van der Waals surface area contributed by atoms with Gasteiger partial charge in [0.2, 0.25) is 0 Å². The van der Waals surface area contributed by atoms with E-state index in [4.69, 9.17) is 19.5 Å². The molecule has 0 spiro atoms. The summed E-state index contributed by atoms with van der Waals surface area (Å²) in [4.78, 5) is 0. The molecule has 0 aliphatic rings. The van der Waals surface area contributed by atoms with E-state index in [2.05, 4.69) is 13.8 Å². The van der Waals surface area contributed by atoms with Gasteiger partial charge in [0.1, 0.15) is 0 Å². The fraction of sp³-hybridized carbons (Fsp3) is 1.00. The quantitative estimate of drug-likeness (QED) is 0.0627. The summed E-state index contributed by atoms with van der Waals surface area (Å²) >= 11 is 9.09. The van der Waals surface area contributed by atoms with Crippen LogP contribution in [-0.4, -0.2) is 12.4 Å². The Morgan fingerprint density at radius 2 is 0.967 bits per heavy atom. The van der Waals surface area contributed by atoms with Gasteiger partial charge in [-0.2, -0.15) is 0 Å². The first-order chi connectivity index (χ1) is 14.7. The van der Waals surface area contributed by atoms with Crippen molar-refractivity contribution in [3.8, 4) is 0 Å². The zero-order valence-electron chi connectivity index (χ0n) is 20.0. The molecule has 0 aromatic heterocycles. The molecule has 6 heteroatoms. The smallest absolute Gasteiger partial charge is 0.0654 e. The molecule has 0 amide bonds. The van der Waals surface area contributed by atoms with Crippen molar-refractivity contribution in [3.05, 3.63) is 0 Å². The molecule has 0 N–H and O–H groups in total. The van der Waals surface area contributed by atoms with Crippen LogP contribution in [0.5, 0.6) is 0 Å². The monoisotopic (exact) mass is 563 g/mol. The summed E-state index contributed by atoms with van der Waals surface area (Å²) in [7, 11) is 0. The predicted molar refractivity (Wildman–Crippen MR) is 137 cm³/mol. The minimum Gasteiger partial charge on any atom is -0.0654 e. The van der Waals surface area contributed by atoms with Gasteiger partial charge in [0.25, 0.3) is 0 Å².